The van der Waals surface area contributed by atoms with E-state index in [1.165, 1.54) is 18.2 Å². The molecule has 0 aliphatic rings. The summed E-state index contributed by atoms with van der Waals surface area (Å²) >= 11 is 0. The molecule has 0 saturated heterocycles. The summed E-state index contributed by atoms with van der Waals surface area (Å²) in [7, 11) is 0. The van der Waals surface area contributed by atoms with Crippen LogP contribution >= 0.6 is 0 Å². The molecule has 134 valence electrons. The van der Waals surface area contributed by atoms with E-state index in [0.717, 1.165) is 0 Å². The van der Waals surface area contributed by atoms with E-state index in [1.54, 1.807) is 35.1 Å². The quantitative estimate of drug-likeness (QED) is 0.439. The number of nitrogens with zero attached hydrogens (tertiary/aromatic N) is 5. The average molecular weight is 364 g/mol. The van der Waals surface area contributed by atoms with Gasteiger partial charge in [-0.05, 0) is 24.3 Å². The highest BCUT2D eigenvalue weighted by Crippen LogP contribution is 2.29. The highest BCUT2D eigenvalue weighted by atomic mass is 19.1. The molecule has 0 unspecified atom stereocenters. The van der Waals surface area contributed by atoms with E-state index in [0.29, 0.717) is 28.0 Å². The Hall–Kier alpha value is -3.88. The molecule has 3 aromatic heterocycles. The number of nitro groups is 1. The van der Waals surface area contributed by atoms with Crippen LogP contribution in [0.25, 0.3) is 22.4 Å². The molecule has 0 radical (unpaired) electrons. The van der Waals surface area contributed by atoms with Gasteiger partial charge in [-0.25, -0.2) is 19.0 Å². The van der Waals surface area contributed by atoms with Crippen LogP contribution in [0.5, 0.6) is 0 Å². The summed E-state index contributed by atoms with van der Waals surface area (Å²) in [6, 6.07) is 12.7. The maximum Gasteiger partial charge on any atom is 0.311 e. The van der Waals surface area contributed by atoms with E-state index in [1.807, 2.05) is 6.07 Å². The fourth-order valence-corrected chi connectivity index (χ4v) is 2.85. The van der Waals surface area contributed by atoms with Crippen LogP contribution in [0.3, 0.4) is 0 Å². The van der Waals surface area contributed by atoms with E-state index in [9.17, 15) is 14.5 Å². The smallest absolute Gasteiger partial charge is 0.311 e. The number of rotatable bonds is 4. The molecule has 0 aliphatic heterocycles. The molecule has 0 bridgehead atoms. The van der Waals surface area contributed by atoms with Gasteiger partial charge in [0.25, 0.3) is 0 Å². The van der Waals surface area contributed by atoms with E-state index in [2.05, 4.69) is 15.1 Å². The molecular formula is C18H13FN6O2. The molecule has 3 heterocycles. The third-order valence-corrected chi connectivity index (χ3v) is 4.13. The van der Waals surface area contributed by atoms with Crippen molar-refractivity contribution in [2.75, 3.05) is 5.73 Å². The Morgan fingerprint density at radius 2 is 1.96 bits per heavy atom. The summed E-state index contributed by atoms with van der Waals surface area (Å²) in [6.45, 7) is 0.183. The summed E-state index contributed by atoms with van der Waals surface area (Å²) in [5, 5.41) is 16.1. The second-order valence-electron chi connectivity index (χ2n) is 5.83. The van der Waals surface area contributed by atoms with Crippen LogP contribution in [0.4, 0.5) is 15.9 Å². The van der Waals surface area contributed by atoms with E-state index >= 15 is 0 Å². The second-order valence-corrected chi connectivity index (χ2v) is 5.83. The third kappa shape index (κ3) is 2.95. The number of aromatic nitrogens is 4. The second kappa shape index (κ2) is 6.45. The number of pyridine rings is 2. The van der Waals surface area contributed by atoms with Crippen LogP contribution in [0, 0.1) is 15.9 Å². The summed E-state index contributed by atoms with van der Waals surface area (Å²) in [5.74, 6) is -0.533. The Balaban J connectivity index is 1.84. The van der Waals surface area contributed by atoms with Crippen molar-refractivity contribution in [1.82, 2.24) is 19.7 Å². The number of hydrogen-bond donors (Lipinski definition) is 1. The molecule has 4 aromatic rings. The van der Waals surface area contributed by atoms with Crippen molar-refractivity contribution in [3.8, 4) is 11.4 Å². The van der Waals surface area contributed by atoms with Crippen LogP contribution < -0.4 is 5.73 Å². The number of nitrogens with two attached hydrogens (primary N) is 1. The minimum absolute atomic E-state index is 0.183. The van der Waals surface area contributed by atoms with Gasteiger partial charge in [-0.3, -0.25) is 10.1 Å². The lowest BCUT2D eigenvalue weighted by molar-refractivity contribution is -0.384. The largest absolute Gasteiger partial charge is 0.378 e. The van der Waals surface area contributed by atoms with Crippen molar-refractivity contribution in [2.24, 2.45) is 0 Å². The van der Waals surface area contributed by atoms with E-state index < -0.39 is 4.92 Å². The number of benzene rings is 1. The van der Waals surface area contributed by atoms with Gasteiger partial charge in [0, 0.05) is 23.2 Å². The van der Waals surface area contributed by atoms with E-state index in [-0.39, 0.29) is 23.9 Å². The zero-order valence-electron chi connectivity index (χ0n) is 13.9. The van der Waals surface area contributed by atoms with Gasteiger partial charge in [0.1, 0.15) is 11.5 Å². The first-order chi connectivity index (χ1) is 13.0. The summed E-state index contributed by atoms with van der Waals surface area (Å²) < 4.78 is 15.6. The fraction of sp³-hybridized carbons (Fsp3) is 0.0556. The van der Waals surface area contributed by atoms with Crippen molar-refractivity contribution in [3.05, 3.63) is 76.2 Å². The highest BCUT2D eigenvalue weighted by Gasteiger charge is 2.19. The zero-order chi connectivity index (χ0) is 19.0. The monoisotopic (exact) mass is 364 g/mol. The Bertz CT molecular complexity index is 1170. The Morgan fingerprint density at radius 3 is 2.70 bits per heavy atom. The van der Waals surface area contributed by atoms with Gasteiger partial charge in [0.15, 0.2) is 5.65 Å². The van der Waals surface area contributed by atoms with Gasteiger partial charge in [-0.15, -0.1) is 0 Å². The standard InChI is InChI=1S/C18H13FN6O2/c19-13-6-2-1-4-11(13)10-24-18-12(5-3-9-21-18)16(23-24)14-7-8-15(25(26)27)17(20)22-14/h1-9H,10H2,(H2,20,22). The van der Waals surface area contributed by atoms with Crippen LogP contribution in [-0.4, -0.2) is 24.7 Å². The minimum Gasteiger partial charge on any atom is -0.378 e. The molecule has 0 amide bonds. The van der Waals surface area contributed by atoms with Crippen molar-refractivity contribution >= 4 is 22.5 Å². The van der Waals surface area contributed by atoms with Gasteiger partial charge < -0.3 is 5.73 Å². The Morgan fingerprint density at radius 1 is 1.15 bits per heavy atom. The third-order valence-electron chi connectivity index (χ3n) is 4.13. The molecule has 0 atom stereocenters. The number of nitrogen functional groups attached to an aromatic ring is 1. The lowest BCUT2D eigenvalue weighted by atomic mass is 10.2. The molecular weight excluding hydrogens is 351 g/mol. The average Bonchev–Trinajstić information content (AvgIpc) is 3.02. The van der Waals surface area contributed by atoms with Gasteiger partial charge in [0.2, 0.25) is 5.82 Å². The Kier molecular flexibility index (Phi) is 3.96. The molecule has 4 rings (SSSR count). The van der Waals surface area contributed by atoms with Crippen molar-refractivity contribution in [2.45, 2.75) is 6.54 Å². The van der Waals surface area contributed by atoms with Crippen molar-refractivity contribution < 1.29 is 9.31 Å². The molecule has 27 heavy (non-hydrogen) atoms. The fourth-order valence-electron chi connectivity index (χ4n) is 2.85. The first-order valence-corrected chi connectivity index (χ1v) is 8.01. The Labute approximate surface area is 152 Å². The van der Waals surface area contributed by atoms with Crippen molar-refractivity contribution in [3.63, 3.8) is 0 Å². The molecule has 9 heteroatoms. The summed E-state index contributed by atoms with van der Waals surface area (Å²) in [6.07, 6.45) is 1.61. The van der Waals surface area contributed by atoms with Gasteiger partial charge in [-0.2, -0.15) is 5.10 Å². The first kappa shape index (κ1) is 16.6. The van der Waals surface area contributed by atoms with Crippen LogP contribution in [0.2, 0.25) is 0 Å². The molecule has 0 spiro atoms. The van der Waals surface area contributed by atoms with Gasteiger partial charge >= 0.3 is 5.69 Å². The number of fused-ring (bicyclic) bond motifs is 1. The van der Waals surface area contributed by atoms with Gasteiger partial charge in [0.05, 0.1) is 17.2 Å². The summed E-state index contributed by atoms with van der Waals surface area (Å²) in [4.78, 5) is 18.8. The topological polar surface area (TPSA) is 113 Å². The first-order valence-electron chi connectivity index (χ1n) is 8.01. The molecule has 2 N–H and O–H groups in total. The molecule has 0 saturated carbocycles. The van der Waals surface area contributed by atoms with E-state index in [4.69, 9.17) is 5.73 Å². The maximum absolute atomic E-state index is 14.0. The predicted molar refractivity (Wildman–Crippen MR) is 97.3 cm³/mol. The lowest BCUT2D eigenvalue weighted by Gasteiger charge is -2.04. The summed E-state index contributed by atoms with van der Waals surface area (Å²) in [5.41, 5.74) is 7.30. The number of halogens is 1. The van der Waals surface area contributed by atoms with Crippen LogP contribution in [0.1, 0.15) is 5.56 Å². The number of hydrogen-bond acceptors (Lipinski definition) is 6. The molecule has 0 fully saturated rings. The maximum atomic E-state index is 14.0. The molecule has 0 aliphatic carbocycles. The number of anilines is 1. The molecule has 1 aromatic carbocycles. The van der Waals surface area contributed by atoms with Crippen LogP contribution in [-0.2, 0) is 6.54 Å². The lowest BCUT2D eigenvalue weighted by Crippen LogP contribution is -2.05. The predicted octanol–water partition coefficient (Wildman–Crippen LogP) is 3.17. The van der Waals surface area contributed by atoms with Crippen molar-refractivity contribution in [1.29, 1.82) is 0 Å². The zero-order valence-corrected chi connectivity index (χ0v) is 13.9. The van der Waals surface area contributed by atoms with Gasteiger partial charge in [-0.1, -0.05) is 18.2 Å². The minimum atomic E-state index is -0.595. The normalized spacial score (nSPS) is 11.0. The van der Waals surface area contributed by atoms with Crippen LogP contribution in [0.15, 0.2) is 54.7 Å². The SMILES string of the molecule is Nc1nc(-c2nn(Cc3ccccc3F)c3ncccc23)ccc1[N+](=O)[O-]. The molecule has 8 nitrogen and oxygen atoms in total. The highest BCUT2D eigenvalue weighted by molar-refractivity contribution is 5.90.